The number of aliphatic carboxylic acids is 1. The summed E-state index contributed by atoms with van der Waals surface area (Å²) in [6.45, 7) is 1.14. The van der Waals surface area contributed by atoms with Gasteiger partial charge in [-0.15, -0.1) is 0 Å². The Bertz CT molecular complexity index is 1020. The largest absolute Gasteiger partial charge is 0.490 e. The van der Waals surface area contributed by atoms with Gasteiger partial charge >= 0.3 is 12.1 Å². The molecule has 1 aromatic carbocycles. The van der Waals surface area contributed by atoms with Gasteiger partial charge in [0.1, 0.15) is 11.9 Å². The number of rotatable bonds is 10. The van der Waals surface area contributed by atoms with Crippen LogP contribution in [0, 0.1) is 5.82 Å². The number of nitrogens with two attached hydrogens (primary N) is 1. The van der Waals surface area contributed by atoms with E-state index in [0.717, 1.165) is 31.4 Å². The normalized spacial score (nSPS) is 16.0. The molecule has 2 heterocycles. The Morgan fingerprint density at radius 1 is 1.24 bits per heavy atom. The lowest BCUT2D eigenvalue weighted by molar-refractivity contribution is -0.192. The number of aryl methyl sites for hydroxylation is 1. The number of unbranched alkanes of at least 4 members (excludes halogenated alkanes) is 1. The monoisotopic (exact) mass is 529 g/mol. The molecule has 2 atom stereocenters. The number of nitrogens with one attached hydrogen (secondary N) is 2. The van der Waals surface area contributed by atoms with Gasteiger partial charge in [0, 0.05) is 37.4 Å². The number of carbonyl (C=O) groups excluding carboxylic acids is 2. The molecule has 0 spiro atoms. The summed E-state index contributed by atoms with van der Waals surface area (Å²) in [5.74, 6) is -3.32. The lowest BCUT2D eigenvalue weighted by Crippen LogP contribution is -2.47. The molecular formula is C24H31F4N5O4. The molecule has 0 saturated carbocycles. The Labute approximate surface area is 211 Å². The van der Waals surface area contributed by atoms with Crippen LogP contribution in [0.2, 0.25) is 0 Å². The minimum Gasteiger partial charge on any atom is -0.475 e. The highest BCUT2D eigenvalue weighted by molar-refractivity contribution is 5.88. The lowest BCUT2D eigenvalue weighted by Gasteiger charge is -2.25. The van der Waals surface area contributed by atoms with E-state index in [-0.39, 0.29) is 24.1 Å². The zero-order valence-corrected chi connectivity index (χ0v) is 20.1. The Morgan fingerprint density at radius 3 is 2.57 bits per heavy atom. The number of carboxylic acids is 1. The van der Waals surface area contributed by atoms with Gasteiger partial charge in [0.05, 0.1) is 6.33 Å². The molecule has 0 bridgehead atoms. The van der Waals surface area contributed by atoms with Crippen molar-refractivity contribution < 1.29 is 37.1 Å². The fourth-order valence-corrected chi connectivity index (χ4v) is 3.89. The number of carboxylic acid groups (broad SMARTS) is 1. The highest BCUT2D eigenvalue weighted by Crippen LogP contribution is 2.20. The molecule has 0 radical (unpaired) electrons. The number of hydrogen-bond acceptors (Lipinski definition) is 5. The van der Waals surface area contributed by atoms with E-state index < -0.39 is 24.2 Å². The van der Waals surface area contributed by atoms with Crippen molar-refractivity contribution in [3.63, 3.8) is 0 Å². The number of aromatic nitrogens is 2. The maximum Gasteiger partial charge on any atom is 0.490 e. The number of alkyl halides is 3. The summed E-state index contributed by atoms with van der Waals surface area (Å²) in [5, 5.41) is 10.1. The van der Waals surface area contributed by atoms with Crippen LogP contribution in [0.3, 0.4) is 0 Å². The van der Waals surface area contributed by atoms with Gasteiger partial charge < -0.3 is 26.0 Å². The Kier molecular flexibility index (Phi) is 11.5. The van der Waals surface area contributed by atoms with Crippen molar-refractivity contribution in [1.82, 2.24) is 20.2 Å². The summed E-state index contributed by atoms with van der Waals surface area (Å²) in [7, 11) is 0. The number of likely N-dealkylation sites (tertiary alicyclic amines) is 1. The van der Waals surface area contributed by atoms with Crippen molar-refractivity contribution in [2.45, 2.75) is 63.2 Å². The van der Waals surface area contributed by atoms with Crippen LogP contribution in [-0.2, 0) is 27.2 Å². The van der Waals surface area contributed by atoms with Crippen LogP contribution >= 0.6 is 0 Å². The third kappa shape index (κ3) is 10.2. The summed E-state index contributed by atoms with van der Waals surface area (Å²) in [6.07, 6.45) is 2.92. The van der Waals surface area contributed by atoms with Crippen molar-refractivity contribution in [2.24, 2.45) is 5.73 Å². The average molecular weight is 530 g/mol. The first-order chi connectivity index (χ1) is 17.5. The molecule has 2 amide bonds. The van der Waals surface area contributed by atoms with Crippen molar-refractivity contribution >= 4 is 17.8 Å². The predicted molar refractivity (Wildman–Crippen MR) is 126 cm³/mol. The molecule has 37 heavy (non-hydrogen) atoms. The summed E-state index contributed by atoms with van der Waals surface area (Å²) in [4.78, 5) is 42.9. The number of carbonyl (C=O) groups is 3. The number of H-pyrrole nitrogens is 1. The molecule has 1 aliphatic heterocycles. The summed E-state index contributed by atoms with van der Waals surface area (Å²) >= 11 is 0. The Morgan fingerprint density at radius 2 is 1.95 bits per heavy atom. The van der Waals surface area contributed by atoms with Gasteiger partial charge in [-0.05, 0) is 50.2 Å². The van der Waals surface area contributed by atoms with Crippen LogP contribution in [0.5, 0.6) is 0 Å². The molecule has 1 unspecified atom stereocenters. The number of aromatic amines is 1. The van der Waals surface area contributed by atoms with E-state index in [1.165, 1.54) is 6.07 Å². The minimum atomic E-state index is -5.08. The highest BCUT2D eigenvalue weighted by atomic mass is 19.4. The molecule has 0 aliphatic carbocycles. The molecule has 1 saturated heterocycles. The molecule has 9 nitrogen and oxygen atoms in total. The van der Waals surface area contributed by atoms with E-state index in [4.69, 9.17) is 15.6 Å². The van der Waals surface area contributed by atoms with E-state index in [1.54, 1.807) is 35.6 Å². The second-order valence-electron chi connectivity index (χ2n) is 8.63. The van der Waals surface area contributed by atoms with Crippen LogP contribution in [0.4, 0.5) is 17.6 Å². The van der Waals surface area contributed by atoms with Crippen LogP contribution in [0.15, 0.2) is 36.8 Å². The molecule has 1 aromatic heterocycles. The number of hydrogen-bond donors (Lipinski definition) is 4. The van der Waals surface area contributed by atoms with Gasteiger partial charge in [0.2, 0.25) is 11.8 Å². The molecular weight excluding hydrogens is 498 g/mol. The van der Waals surface area contributed by atoms with Crippen LogP contribution in [0.1, 0.15) is 43.4 Å². The first kappa shape index (κ1) is 29.7. The van der Waals surface area contributed by atoms with E-state index in [0.29, 0.717) is 31.5 Å². The molecule has 5 N–H and O–H groups in total. The fourth-order valence-electron chi connectivity index (χ4n) is 3.89. The van der Waals surface area contributed by atoms with Gasteiger partial charge in [0.25, 0.3) is 0 Å². The summed E-state index contributed by atoms with van der Waals surface area (Å²) in [5.41, 5.74) is 7.68. The maximum absolute atomic E-state index is 13.8. The van der Waals surface area contributed by atoms with Crippen LogP contribution < -0.4 is 11.1 Å². The second-order valence-corrected chi connectivity index (χ2v) is 8.63. The Hall–Kier alpha value is -3.48. The van der Waals surface area contributed by atoms with Crippen LogP contribution in [0.25, 0.3) is 0 Å². The molecule has 204 valence electrons. The van der Waals surface area contributed by atoms with E-state index in [9.17, 15) is 27.2 Å². The third-order valence-corrected chi connectivity index (χ3v) is 5.72. The molecule has 3 rings (SSSR count). The number of amides is 2. The summed E-state index contributed by atoms with van der Waals surface area (Å²) in [6, 6.07) is 5.52. The Balaban J connectivity index is 0.000000604. The second kappa shape index (κ2) is 14.3. The van der Waals surface area contributed by atoms with Crippen molar-refractivity contribution in [3.8, 4) is 0 Å². The predicted octanol–water partition coefficient (Wildman–Crippen LogP) is 2.57. The molecule has 2 aromatic rings. The SMILES string of the molecule is NC(CC(=O)N1CCC[C@H]1C(=O)NCCCCc1cnc[nH]1)Cc1ccccc1F.O=C(O)C(F)(F)F. The lowest BCUT2D eigenvalue weighted by atomic mass is 10.0. The van der Waals surface area contributed by atoms with Crippen molar-refractivity contribution in [1.29, 1.82) is 0 Å². The quantitative estimate of drug-likeness (QED) is 0.275. The van der Waals surface area contributed by atoms with Gasteiger partial charge in [-0.2, -0.15) is 13.2 Å². The van der Waals surface area contributed by atoms with Crippen LogP contribution in [-0.4, -0.2) is 69.1 Å². The van der Waals surface area contributed by atoms with E-state index >= 15 is 0 Å². The smallest absolute Gasteiger partial charge is 0.475 e. The molecule has 1 aliphatic rings. The number of halogens is 4. The molecule has 1 fully saturated rings. The zero-order valence-electron chi connectivity index (χ0n) is 20.1. The number of benzene rings is 1. The van der Waals surface area contributed by atoms with Gasteiger partial charge in [-0.1, -0.05) is 18.2 Å². The fraction of sp³-hybridized carbons (Fsp3) is 0.500. The minimum absolute atomic E-state index is 0.0995. The van der Waals surface area contributed by atoms with Gasteiger partial charge in [-0.3, -0.25) is 9.59 Å². The van der Waals surface area contributed by atoms with Crippen molar-refractivity contribution in [2.75, 3.05) is 13.1 Å². The number of nitrogens with zero attached hydrogens (tertiary/aromatic N) is 2. The van der Waals surface area contributed by atoms with Gasteiger partial charge in [0.15, 0.2) is 0 Å². The van der Waals surface area contributed by atoms with E-state index in [1.807, 2.05) is 0 Å². The third-order valence-electron chi connectivity index (χ3n) is 5.72. The maximum atomic E-state index is 13.8. The first-order valence-corrected chi connectivity index (χ1v) is 11.8. The standard InChI is InChI=1S/C22H30FN5O2.C2HF3O2/c23-19-8-2-1-6-16(19)12-17(24)13-21(29)28-11-5-9-20(28)22(30)26-10-4-3-7-18-14-25-15-27-18;3-2(4,5)1(6)7/h1-2,6,8,14-15,17,20H,3-5,7,9-13,24H2,(H,25,27)(H,26,30);(H,6,7)/t17?,20-;/m0./s1. The zero-order chi connectivity index (χ0) is 27.4. The summed E-state index contributed by atoms with van der Waals surface area (Å²) < 4.78 is 45.5. The topological polar surface area (TPSA) is 141 Å². The average Bonchev–Trinajstić information content (AvgIpc) is 3.52. The number of imidazole rings is 1. The van der Waals surface area contributed by atoms with Gasteiger partial charge in [-0.25, -0.2) is 14.2 Å². The van der Waals surface area contributed by atoms with Crippen molar-refractivity contribution in [3.05, 3.63) is 53.9 Å². The molecule has 13 heteroatoms. The first-order valence-electron chi connectivity index (χ1n) is 11.8. The highest BCUT2D eigenvalue weighted by Gasteiger charge is 2.38. The van der Waals surface area contributed by atoms with E-state index in [2.05, 4.69) is 15.3 Å².